The van der Waals surface area contributed by atoms with E-state index in [1.165, 1.54) is 0 Å². The van der Waals surface area contributed by atoms with E-state index in [2.05, 4.69) is 24.3 Å². The molecule has 0 aliphatic rings. The van der Waals surface area contributed by atoms with Crippen molar-refractivity contribution in [1.29, 1.82) is 0 Å². The molecule has 1 atom stereocenters. The minimum Gasteiger partial charge on any atom is -0.388 e. The Hall–Kier alpha value is -0.580. The highest BCUT2D eigenvalue weighted by Gasteiger charge is 2.26. The van der Waals surface area contributed by atoms with Crippen LogP contribution < -0.4 is 5.32 Å². The third-order valence-electron chi connectivity index (χ3n) is 3.30. The number of aromatic nitrogens is 2. The fourth-order valence-corrected chi connectivity index (χ4v) is 2.58. The van der Waals surface area contributed by atoms with Gasteiger partial charge in [0.2, 0.25) is 0 Å². The van der Waals surface area contributed by atoms with Gasteiger partial charge in [-0.15, -0.1) is 0 Å². The number of hydrogen-bond donors (Lipinski definition) is 2. The summed E-state index contributed by atoms with van der Waals surface area (Å²) >= 11 is 6.38. The molecule has 1 rings (SSSR count). The van der Waals surface area contributed by atoms with Gasteiger partial charge in [-0.05, 0) is 32.7 Å². The first-order chi connectivity index (χ1) is 9.30. The number of nitrogens with zero attached hydrogens (tertiary/aromatic N) is 2. The second kappa shape index (κ2) is 7.43. The van der Waals surface area contributed by atoms with Crippen molar-refractivity contribution in [2.24, 2.45) is 5.92 Å². The molecule has 5 heteroatoms. The molecule has 1 aromatic heterocycles. The van der Waals surface area contributed by atoms with Gasteiger partial charge < -0.3 is 10.4 Å². The molecule has 2 N–H and O–H groups in total. The smallest absolute Gasteiger partial charge is 0.0850 e. The molecule has 0 aromatic carbocycles. The first-order valence-electron chi connectivity index (χ1n) is 7.47. The number of halogens is 1. The van der Waals surface area contributed by atoms with E-state index in [4.69, 9.17) is 11.6 Å². The van der Waals surface area contributed by atoms with E-state index >= 15 is 0 Å². The minimum atomic E-state index is -0.823. The molecule has 0 aliphatic heterocycles. The summed E-state index contributed by atoms with van der Waals surface area (Å²) in [6, 6.07) is 0. The number of nitrogens with one attached hydrogen (secondary N) is 1. The van der Waals surface area contributed by atoms with E-state index in [0.29, 0.717) is 23.9 Å². The number of hydrogen-bond acceptors (Lipinski definition) is 3. The van der Waals surface area contributed by atoms with Crippen LogP contribution in [-0.4, -0.2) is 33.6 Å². The first kappa shape index (κ1) is 17.5. The van der Waals surface area contributed by atoms with Crippen molar-refractivity contribution < 1.29 is 5.11 Å². The van der Waals surface area contributed by atoms with Gasteiger partial charge in [0, 0.05) is 19.5 Å². The summed E-state index contributed by atoms with van der Waals surface area (Å²) in [7, 11) is 0. The molecule has 0 fully saturated rings. The van der Waals surface area contributed by atoms with Gasteiger partial charge >= 0.3 is 0 Å². The quantitative estimate of drug-likeness (QED) is 0.776. The van der Waals surface area contributed by atoms with Gasteiger partial charge in [-0.25, -0.2) is 0 Å². The Morgan fingerprint density at radius 1 is 1.40 bits per heavy atom. The number of aliphatic hydroxyl groups is 1. The van der Waals surface area contributed by atoms with Crippen molar-refractivity contribution in [2.45, 2.75) is 59.6 Å². The lowest BCUT2D eigenvalue weighted by molar-refractivity contribution is 0.0575. The predicted octanol–water partition coefficient (Wildman–Crippen LogP) is 2.66. The van der Waals surface area contributed by atoms with Crippen LogP contribution in [0.25, 0.3) is 0 Å². The van der Waals surface area contributed by atoms with Gasteiger partial charge in [0.25, 0.3) is 0 Å². The summed E-state index contributed by atoms with van der Waals surface area (Å²) in [5.41, 5.74) is 1.02. The van der Waals surface area contributed by atoms with Crippen molar-refractivity contribution >= 4 is 11.6 Å². The Labute approximate surface area is 127 Å². The third-order valence-corrected chi connectivity index (χ3v) is 3.74. The van der Waals surface area contributed by atoms with Crippen LogP contribution in [0.4, 0.5) is 0 Å². The Balaban J connectivity index is 2.77. The molecule has 0 bridgehead atoms. The SMILES string of the molecule is CCc1nn(CC)c(CC(C)(O)CNCC(C)C)c1Cl. The summed E-state index contributed by atoms with van der Waals surface area (Å²) in [6.45, 7) is 12.4. The highest BCUT2D eigenvalue weighted by molar-refractivity contribution is 6.31. The largest absolute Gasteiger partial charge is 0.388 e. The molecule has 0 spiro atoms. The average Bonchev–Trinajstić information content (AvgIpc) is 2.65. The summed E-state index contributed by atoms with van der Waals surface area (Å²) < 4.78 is 1.90. The van der Waals surface area contributed by atoms with Crippen LogP contribution in [0.2, 0.25) is 5.02 Å². The standard InChI is InChI=1S/C15H28ClN3O/c1-6-12-14(16)13(19(7-2)18-12)8-15(5,20)10-17-9-11(3)4/h11,17,20H,6-10H2,1-5H3. The van der Waals surface area contributed by atoms with Crippen molar-refractivity contribution in [2.75, 3.05) is 13.1 Å². The Bertz CT molecular complexity index is 427. The molecule has 20 heavy (non-hydrogen) atoms. The lowest BCUT2D eigenvalue weighted by Crippen LogP contribution is -2.41. The normalized spacial score (nSPS) is 14.8. The molecule has 0 amide bonds. The molecule has 1 aromatic rings. The Morgan fingerprint density at radius 3 is 2.55 bits per heavy atom. The van der Waals surface area contributed by atoms with E-state index in [1.54, 1.807) is 0 Å². The highest BCUT2D eigenvalue weighted by atomic mass is 35.5. The highest BCUT2D eigenvalue weighted by Crippen LogP contribution is 2.25. The summed E-state index contributed by atoms with van der Waals surface area (Å²) in [4.78, 5) is 0. The van der Waals surface area contributed by atoms with Crippen molar-refractivity contribution in [1.82, 2.24) is 15.1 Å². The summed E-state index contributed by atoms with van der Waals surface area (Å²) in [5.74, 6) is 0.572. The zero-order chi connectivity index (χ0) is 15.3. The van der Waals surface area contributed by atoms with Crippen molar-refractivity contribution in [3.05, 3.63) is 16.4 Å². The molecule has 1 unspecified atom stereocenters. The molecular weight excluding hydrogens is 274 g/mol. The third kappa shape index (κ3) is 4.76. The van der Waals surface area contributed by atoms with Crippen molar-refractivity contribution in [3.8, 4) is 0 Å². The van der Waals surface area contributed by atoms with Gasteiger partial charge in [0.1, 0.15) is 0 Å². The van der Waals surface area contributed by atoms with E-state index in [1.807, 2.05) is 25.5 Å². The maximum atomic E-state index is 10.5. The van der Waals surface area contributed by atoms with Gasteiger partial charge in [0.05, 0.1) is 22.0 Å². The van der Waals surface area contributed by atoms with Gasteiger partial charge in [-0.3, -0.25) is 4.68 Å². The Morgan fingerprint density at radius 2 is 2.05 bits per heavy atom. The fraction of sp³-hybridized carbons (Fsp3) is 0.800. The van der Waals surface area contributed by atoms with Crippen LogP contribution in [0.1, 0.15) is 46.0 Å². The molecular formula is C15H28ClN3O. The van der Waals surface area contributed by atoms with Crippen LogP contribution in [0.5, 0.6) is 0 Å². The summed E-state index contributed by atoms with van der Waals surface area (Å²) in [5, 5.41) is 19.0. The van der Waals surface area contributed by atoms with Crippen LogP contribution in [-0.2, 0) is 19.4 Å². The van der Waals surface area contributed by atoms with Crippen LogP contribution in [0.3, 0.4) is 0 Å². The zero-order valence-corrected chi connectivity index (χ0v) is 14.1. The topological polar surface area (TPSA) is 50.1 Å². The van der Waals surface area contributed by atoms with Crippen LogP contribution >= 0.6 is 11.6 Å². The van der Waals surface area contributed by atoms with Gasteiger partial charge in [-0.2, -0.15) is 5.10 Å². The lowest BCUT2D eigenvalue weighted by Gasteiger charge is -2.25. The molecule has 4 nitrogen and oxygen atoms in total. The van der Waals surface area contributed by atoms with E-state index in [0.717, 1.165) is 30.9 Å². The minimum absolute atomic E-state index is 0.512. The van der Waals surface area contributed by atoms with Crippen LogP contribution in [0, 0.1) is 5.92 Å². The van der Waals surface area contributed by atoms with Gasteiger partial charge in [0.15, 0.2) is 0 Å². The molecule has 1 heterocycles. The molecule has 0 saturated carbocycles. The second-order valence-electron chi connectivity index (χ2n) is 6.08. The molecule has 0 aliphatic carbocycles. The maximum absolute atomic E-state index is 10.5. The maximum Gasteiger partial charge on any atom is 0.0850 e. The Kier molecular flexibility index (Phi) is 6.49. The monoisotopic (exact) mass is 301 g/mol. The molecule has 0 radical (unpaired) electrons. The molecule has 0 saturated heterocycles. The van der Waals surface area contributed by atoms with Gasteiger partial charge in [-0.1, -0.05) is 32.4 Å². The lowest BCUT2D eigenvalue weighted by atomic mass is 9.99. The van der Waals surface area contributed by atoms with E-state index in [-0.39, 0.29) is 0 Å². The number of aryl methyl sites for hydroxylation is 2. The van der Waals surface area contributed by atoms with E-state index in [9.17, 15) is 5.11 Å². The predicted molar refractivity (Wildman–Crippen MR) is 84.3 cm³/mol. The summed E-state index contributed by atoms with van der Waals surface area (Å²) in [6.07, 6.45) is 1.32. The van der Waals surface area contributed by atoms with Crippen LogP contribution in [0.15, 0.2) is 0 Å². The van der Waals surface area contributed by atoms with Crippen molar-refractivity contribution in [3.63, 3.8) is 0 Å². The second-order valence-corrected chi connectivity index (χ2v) is 6.45. The average molecular weight is 302 g/mol. The first-order valence-corrected chi connectivity index (χ1v) is 7.85. The number of rotatable bonds is 8. The molecule has 116 valence electrons. The van der Waals surface area contributed by atoms with E-state index < -0.39 is 5.60 Å². The fourth-order valence-electron chi connectivity index (χ4n) is 2.24. The zero-order valence-electron chi connectivity index (χ0n) is 13.3.